The Labute approximate surface area is 159 Å². The van der Waals surface area contributed by atoms with Crippen LogP contribution >= 0.6 is 11.8 Å². The molecule has 1 aliphatic heterocycles. The third-order valence-electron chi connectivity index (χ3n) is 4.54. The van der Waals surface area contributed by atoms with Crippen molar-refractivity contribution < 1.29 is 13.3 Å². The van der Waals surface area contributed by atoms with Crippen LogP contribution in [0, 0.1) is 12.8 Å². The van der Waals surface area contributed by atoms with Crippen LogP contribution < -0.4 is 5.48 Å². The maximum atomic E-state index is 13.0. The second-order valence-electron chi connectivity index (χ2n) is 6.45. The zero-order valence-corrected chi connectivity index (χ0v) is 16.6. The Kier molecular flexibility index (Phi) is 6.37. The minimum absolute atomic E-state index is 0.0311. The quantitative estimate of drug-likeness (QED) is 0.580. The van der Waals surface area contributed by atoms with Crippen LogP contribution in [0.5, 0.6) is 0 Å². The number of hydroxylamine groups is 1. The smallest absolute Gasteiger partial charge is 0.243 e. The lowest BCUT2D eigenvalue weighted by molar-refractivity contribution is 0.0555. The van der Waals surface area contributed by atoms with Crippen molar-refractivity contribution >= 4 is 21.8 Å². The first kappa shape index (κ1) is 19.4. The lowest BCUT2D eigenvalue weighted by atomic mass is 10.1. The molecule has 1 N–H and O–H groups in total. The molecule has 0 saturated carbocycles. The molecule has 7 heteroatoms. The van der Waals surface area contributed by atoms with Crippen LogP contribution in [0.1, 0.15) is 5.56 Å². The van der Waals surface area contributed by atoms with Gasteiger partial charge in [-0.15, -0.1) is 11.8 Å². The summed E-state index contributed by atoms with van der Waals surface area (Å²) in [6.45, 7) is 2.84. The molecule has 2 atom stereocenters. The molecule has 3 rings (SSSR count). The van der Waals surface area contributed by atoms with Gasteiger partial charge in [0.05, 0.1) is 18.0 Å². The summed E-state index contributed by atoms with van der Waals surface area (Å²) in [6.07, 6.45) is 0. The van der Waals surface area contributed by atoms with Crippen LogP contribution in [0.3, 0.4) is 0 Å². The molecule has 0 spiro atoms. The first-order valence-corrected chi connectivity index (χ1v) is 11.0. The summed E-state index contributed by atoms with van der Waals surface area (Å²) in [5.74, 6) is 0.991. The fraction of sp³-hybridized carbons (Fsp3) is 0.368. The van der Waals surface area contributed by atoms with Gasteiger partial charge in [0, 0.05) is 29.7 Å². The third kappa shape index (κ3) is 4.47. The van der Waals surface area contributed by atoms with Crippen molar-refractivity contribution in [1.82, 2.24) is 9.79 Å². The molecule has 0 aliphatic carbocycles. The number of rotatable bonds is 7. The molecule has 1 aliphatic rings. The molecular formula is C19H24N2O3S2. The highest BCUT2D eigenvalue weighted by Gasteiger charge is 2.39. The van der Waals surface area contributed by atoms with E-state index in [1.807, 2.05) is 37.3 Å². The monoisotopic (exact) mass is 392 g/mol. The van der Waals surface area contributed by atoms with E-state index in [2.05, 4.69) is 17.6 Å². The van der Waals surface area contributed by atoms with E-state index in [1.54, 1.807) is 35.3 Å². The van der Waals surface area contributed by atoms with Gasteiger partial charge in [0.15, 0.2) is 0 Å². The Morgan fingerprint density at radius 3 is 2.46 bits per heavy atom. The number of thioether (sulfide) groups is 1. The Balaban J connectivity index is 1.72. The van der Waals surface area contributed by atoms with Gasteiger partial charge >= 0.3 is 0 Å². The predicted octanol–water partition coefficient (Wildman–Crippen LogP) is 2.93. The highest BCUT2D eigenvalue weighted by molar-refractivity contribution is 7.99. The van der Waals surface area contributed by atoms with Crippen LogP contribution in [-0.2, 0) is 14.9 Å². The van der Waals surface area contributed by atoms with Crippen LogP contribution in [-0.4, -0.2) is 44.7 Å². The van der Waals surface area contributed by atoms with E-state index < -0.39 is 10.0 Å². The predicted molar refractivity (Wildman–Crippen MR) is 105 cm³/mol. The van der Waals surface area contributed by atoms with E-state index >= 15 is 0 Å². The van der Waals surface area contributed by atoms with Crippen molar-refractivity contribution in [2.75, 3.05) is 26.0 Å². The molecule has 0 unspecified atom stereocenters. The standard InChI is InChI=1S/C19H24N2O3S2/c1-15-8-10-18(11-9-15)26(22,23)21-12-16(19(13-21)20-24-2)14-25-17-6-4-3-5-7-17/h3-11,16,19-20H,12-14H2,1-2H3/t16-,19+/m0/s1. The molecule has 5 nitrogen and oxygen atoms in total. The number of nitrogens with one attached hydrogen (secondary N) is 1. The van der Waals surface area contributed by atoms with Gasteiger partial charge in [-0.1, -0.05) is 35.9 Å². The molecule has 1 heterocycles. The first-order valence-electron chi connectivity index (χ1n) is 8.54. The Bertz CT molecular complexity index is 810. The third-order valence-corrected chi connectivity index (χ3v) is 7.59. The van der Waals surface area contributed by atoms with Gasteiger partial charge in [0.1, 0.15) is 0 Å². The molecule has 0 radical (unpaired) electrons. The van der Waals surface area contributed by atoms with Crippen LogP contribution in [0.25, 0.3) is 0 Å². The normalized spacial score (nSPS) is 21.2. The fourth-order valence-electron chi connectivity index (χ4n) is 3.06. The number of hydrogen-bond acceptors (Lipinski definition) is 5. The molecular weight excluding hydrogens is 368 g/mol. The van der Waals surface area contributed by atoms with E-state index in [4.69, 9.17) is 4.84 Å². The zero-order chi connectivity index (χ0) is 18.6. The summed E-state index contributed by atoms with van der Waals surface area (Å²) >= 11 is 1.74. The number of benzene rings is 2. The second kappa shape index (κ2) is 8.54. The van der Waals surface area contributed by atoms with Gasteiger partial charge < -0.3 is 4.84 Å². The summed E-state index contributed by atoms with van der Waals surface area (Å²) in [7, 11) is -1.93. The number of aryl methyl sites for hydroxylation is 1. The first-order chi connectivity index (χ1) is 12.5. The maximum Gasteiger partial charge on any atom is 0.243 e. The van der Waals surface area contributed by atoms with E-state index in [0.29, 0.717) is 18.0 Å². The van der Waals surface area contributed by atoms with Crippen molar-refractivity contribution in [3.05, 3.63) is 60.2 Å². The van der Waals surface area contributed by atoms with Gasteiger partial charge in [0.2, 0.25) is 10.0 Å². The summed E-state index contributed by atoms with van der Waals surface area (Å²) in [5.41, 5.74) is 4.02. The largest absolute Gasteiger partial charge is 0.305 e. The van der Waals surface area contributed by atoms with Crippen molar-refractivity contribution in [2.24, 2.45) is 5.92 Å². The Hall–Kier alpha value is -1.38. The van der Waals surface area contributed by atoms with Crippen molar-refractivity contribution in [2.45, 2.75) is 22.8 Å². The van der Waals surface area contributed by atoms with Crippen molar-refractivity contribution in [3.63, 3.8) is 0 Å². The minimum atomic E-state index is -3.49. The van der Waals surface area contributed by atoms with Crippen molar-refractivity contribution in [3.8, 4) is 0 Å². The van der Waals surface area contributed by atoms with E-state index in [0.717, 1.165) is 11.3 Å². The number of hydrogen-bond donors (Lipinski definition) is 1. The van der Waals surface area contributed by atoms with Gasteiger partial charge in [-0.25, -0.2) is 8.42 Å². The van der Waals surface area contributed by atoms with Crippen molar-refractivity contribution in [1.29, 1.82) is 0 Å². The summed E-state index contributed by atoms with van der Waals surface area (Å²) in [5, 5.41) is 0. The van der Waals surface area contributed by atoms with E-state index in [1.165, 1.54) is 4.90 Å². The average Bonchev–Trinajstić information content (AvgIpc) is 3.05. The number of nitrogens with zero attached hydrogens (tertiary/aromatic N) is 1. The van der Waals surface area contributed by atoms with Gasteiger partial charge in [-0.3, -0.25) is 0 Å². The average molecular weight is 393 g/mol. The molecule has 26 heavy (non-hydrogen) atoms. The van der Waals surface area contributed by atoms with Crippen LogP contribution in [0.4, 0.5) is 0 Å². The summed E-state index contributed by atoms with van der Waals surface area (Å²) < 4.78 is 27.5. The topological polar surface area (TPSA) is 58.6 Å². The minimum Gasteiger partial charge on any atom is -0.305 e. The van der Waals surface area contributed by atoms with E-state index in [9.17, 15) is 8.42 Å². The molecule has 140 valence electrons. The van der Waals surface area contributed by atoms with E-state index in [-0.39, 0.29) is 12.0 Å². The van der Waals surface area contributed by atoms with Gasteiger partial charge in [-0.05, 0) is 31.2 Å². The highest BCUT2D eigenvalue weighted by atomic mass is 32.2. The summed E-state index contributed by atoms with van der Waals surface area (Å²) in [4.78, 5) is 6.64. The fourth-order valence-corrected chi connectivity index (χ4v) is 5.68. The molecule has 2 aromatic rings. The second-order valence-corrected chi connectivity index (χ2v) is 9.48. The number of sulfonamides is 1. The van der Waals surface area contributed by atoms with Gasteiger partial charge in [-0.2, -0.15) is 9.79 Å². The lowest BCUT2D eigenvalue weighted by Gasteiger charge is -2.17. The molecule has 2 aromatic carbocycles. The van der Waals surface area contributed by atoms with Crippen LogP contribution in [0.15, 0.2) is 64.4 Å². The maximum absolute atomic E-state index is 13.0. The summed E-state index contributed by atoms with van der Waals surface area (Å²) in [6, 6.07) is 17.1. The Morgan fingerprint density at radius 1 is 1.12 bits per heavy atom. The lowest BCUT2D eigenvalue weighted by Crippen LogP contribution is -2.37. The zero-order valence-electron chi connectivity index (χ0n) is 15.0. The molecule has 0 amide bonds. The molecule has 0 aromatic heterocycles. The SMILES string of the molecule is CON[C@@H]1CN(S(=O)(=O)c2ccc(C)cc2)C[C@H]1CSc1ccccc1. The van der Waals surface area contributed by atoms with Gasteiger partial charge in [0.25, 0.3) is 0 Å². The molecule has 0 bridgehead atoms. The highest BCUT2D eigenvalue weighted by Crippen LogP contribution is 2.29. The van der Waals surface area contributed by atoms with Crippen LogP contribution in [0.2, 0.25) is 0 Å². The Morgan fingerprint density at radius 2 is 1.81 bits per heavy atom. The molecule has 1 fully saturated rings. The molecule has 1 saturated heterocycles.